The van der Waals surface area contributed by atoms with Crippen molar-refractivity contribution in [3.63, 3.8) is 0 Å². The van der Waals surface area contributed by atoms with Crippen LogP contribution in [0.4, 0.5) is 5.69 Å². The van der Waals surface area contributed by atoms with Crippen molar-refractivity contribution in [2.24, 2.45) is 0 Å². The van der Waals surface area contributed by atoms with Gasteiger partial charge in [0.05, 0.1) is 18.1 Å². The van der Waals surface area contributed by atoms with Crippen LogP contribution in [-0.2, 0) is 14.9 Å². The maximum absolute atomic E-state index is 12.2. The van der Waals surface area contributed by atoms with Gasteiger partial charge in [-0.25, -0.2) is 4.79 Å². The largest absolute Gasteiger partial charge is 0.465 e. The Morgan fingerprint density at radius 2 is 1.80 bits per heavy atom. The number of carbonyl (C=O) groups is 3. The quantitative estimate of drug-likeness (QED) is 0.611. The fourth-order valence-corrected chi connectivity index (χ4v) is 2.58. The molecule has 0 bridgehead atoms. The van der Waals surface area contributed by atoms with Gasteiger partial charge in [-0.05, 0) is 38.5 Å². The second kappa shape index (κ2) is 4.44. The average Bonchev–Trinajstić information content (AvgIpc) is 2.58. The number of likely N-dealkylation sites (N-methyl/N-ethyl adjacent to an activating group) is 1. The van der Waals surface area contributed by atoms with E-state index in [0.717, 1.165) is 5.56 Å². The molecule has 1 aromatic carbocycles. The van der Waals surface area contributed by atoms with Gasteiger partial charge < -0.3 is 9.64 Å². The predicted octanol–water partition coefficient (Wildman–Crippen LogP) is 1.93. The van der Waals surface area contributed by atoms with E-state index in [4.69, 9.17) is 4.74 Å². The number of anilines is 1. The number of hydrogen-bond donors (Lipinski definition) is 0. The Morgan fingerprint density at radius 3 is 2.30 bits per heavy atom. The first kappa shape index (κ1) is 14.2. The van der Waals surface area contributed by atoms with E-state index in [0.29, 0.717) is 5.69 Å². The van der Waals surface area contributed by atoms with Crippen molar-refractivity contribution in [1.29, 1.82) is 0 Å². The second-order valence-electron chi connectivity index (χ2n) is 5.45. The summed E-state index contributed by atoms with van der Waals surface area (Å²) in [6.45, 7) is 5.00. The Kier molecular flexibility index (Phi) is 3.16. The maximum atomic E-state index is 12.2. The third-order valence-electron chi connectivity index (χ3n) is 3.79. The molecule has 1 heterocycles. The number of esters is 1. The molecule has 0 saturated carbocycles. The molecule has 20 heavy (non-hydrogen) atoms. The molecule has 1 aromatic rings. The van der Waals surface area contributed by atoms with Crippen LogP contribution >= 0.6 is 0 Å². The van der Waals surface area contributed by atoms with Crippen LogP contribution in [0.5, 0.6) is 0 Å². The lowest BCUT2D eigenvalue weighted by Gasteiger charge is -2.16. The summed E-state index contributed by atoms with van der Waals surface area (Å²) < 4.78 is 4.71. The minimum absolute atomic E-state index is 0.0657. The zero-order chi connectivity index (χ0) is 15.2. The van der Waals surface area contributed by atoms with Gasteiger partial charge in [-0.3, -0.25) is 9.59 Å². The number of methoxy groups -OCH3 is 1. The molecule has 2 rings (SSSR count). The van der Waals surface area contributed by atoms with Crippen LogP contribution in [0.2, 0.25) is 0 Å². The van der Waals surface area contributed by atoms with Crippen molar-refractivity contribution in [3.05, 3.63) is 28.8 Å². The summed E-state index contributed by atoms with van der Waals surface area (Å²) in [7, 11) is 2.92. The lowest BCUT2D eigenvalue weighted by Crippen LogP contribution is -2.33. The van der Waals surface area contributed by atoms with Crippen LogP contribution in [-0.4, -0.2) is 31.8 Å². The van der Waals surface area contributed by atoms with E-state index in [9.17, 15) is 14.4 Å². The number of amides is 1. The van der Waals surface area contributed by atoms with Gasteiger partial charge >= 0.3 is 5.97 Å². The van der Waals surface area contributed by atoms with Crippen LogP contribution in [0, 0.1) is 0 Å². The van der Waals surface area contributed by atoms with Crippen LogP contribution < -0.4 is 4.90 Å². The van der Waals surface area contributed by atoms with Gasteiger partial charge in [0.2, 0.25) is 5.91 Å². The summed E-state index contributed by atoms with van der Waals surface area (Å²) in [5.74, 6) is -0.876. The molecule has 1 aliphatic rings. The van der Waals surface area contributed by atoms with E-state index in [2.05, 4.69) is 0 Å². The van der Waals surface area contributed by atoms with Crippen LogP contribution in [0.15, 0.2) is 12.1 Å². The molecule has 0 atom stereocenters. The number of carbonyl (C=O) groups excluding carboxylic acids is 3. The molecule has 0 N–H and O–H groups in total. The van der Waals surface area contributed by atoms with Gasteiger partial charge in [0, 0.05) is 18.3 Å². The Labute approximate surface area is 117 Å². The Balaban J connectivity index is 2.76. The molecule has 0 fully saturated rings. The first-order chi connectivity index (χ1) is 9.21. The number of Topliss-reactive ketones (excluding diaryl/α,β-unsaturated/α-hetero) is 1. The lowest BCUT2D eigenvalue weighted by atomic mass is 9.84. The number of nitrogens with zero attached hydrogens (tertiary/aromatic N) is 1. The number of hydrogen-bond acceptors (Lipinski definition) is 4. The van der Waals surface area contributed by atoms with Crippen molar-refractivity contribution in [2.45, 2.75) is 26.2 Å². The Morgan fingerprint density at radius 1 is 1.20 bits per heavy atom. The Hall–Kier alpha value is -2.17. The van der Waals surface area contributed by atoms with Crippen LogP contribution in [0.3, 0.4) is 0 Å². The van der Waals surface area contributed by atoms with Gasteiger partial charge in [-0.15, -0.1) is 0 Å². The summed E-state index contributed by atoms with van der Waals surface area (Å²) in [4.78, 5) is 37.3. The third-order valence-corrected chi connectivity index (χ3v) is 3.79. The molecular formula is C15H17NO4. The highest BCUT2D eigenvalue weighted by atomic mass is 16.5. The number of benzene rings is 1. The first-order valence-electron chi connectivity index (χ1n) is 6.27. The van der Waals surface area contributed by atoms with Crippen molar-refractivity contribution in [1.82, 2.24) is 0 Å². The van der Waals surface area contributed by atoms with Gasteiger partial charge in [0.15, 0.2) is 5.78 Å². The number of fused-ring (bicyclic) bond motifs is 1. The molecule has 5 heteroatoms. The highest BCUT2D eigenvalue weighted by Gasteiger charge is 2.43. The number of rotatable bonds is 2. The van der Waals surface area contributed by atoms with E-state index in [1.807, 2.05) is 0 Å². The van der Waals surface area contributed by atoms with Crippen molar-refractivity contribution < 1.29 is 19.1 Å². The molecule has 0 saturated heterocycles. The fourth-order valence-electron chi connectivity index (χ4n) is 2.58. The molecule has 0 radical (unpaired) electrons. The summed E-state index contributed by atoms with van der Waals surface area (Å²) in [5.41, 5.74) is 1.17. The number of ketones is 1. The molecule has 5 nitrogen and oxygen atoms in total. The zero-order valence-electron chi connectivity index (χ0n) is 12.2. The standard InChI is InChI=1S/C15H17NO4/c1-8(17)9-6-11-12(7-10(9)13(18)20-5)16(4)14(19)15(11,2)3/h6-7H,1-5H3. The van der Waals surface area contributed by atoms with Crippen molar-refractivity contribution >= 4 is 23.3 Å². The van der Waals surface area contributed by atoms with E-state index >= 15 is 0 Å². The molecule has 0 aromatic heterocycles. The van der Waals surface area contributed by atoms with E-state index in [1.54, 1.807) is 33.0 Å². The normalized spacial score (nSPS) is 16.1. The lowest BCUT2D eigenvalue weighted by molar-refractivity contribution is -0.121. The highest BCUT2D eigenvalue weighted by Crippen LogP contribution is 2.42. The summed E-state index contributed by atoms with van der Waals surface area (Å²) >= 11 is 0. The smallest absolute Gasteiger partial charge is 0.338 e. The van der Waals surface area contributed by atoms with Crippen LogP contribution in [0.1, 0.15) is 47.1 Å². The minimum atomic E-state index is -0.705. The monoisotopic (exact) mass is 275 g/mol. The molecule has 0 unspecified atom stereocenters. The van der Waals surface area contributed by atoms with Gasteiger partial charge in [0.1, 0.15) is 0 Å². The fraction of sp³-hybridized carbons (Fsp3) is 0.400. The molecule has 0 aliphatic carbocycles. The SMILES string of the molecule is COC(=O)c1cc2c(cc1C(C)=O)C(C)(C)C(=O)N2C. The average molecular weight is 275 g/mol. The zero-order valence-corrected chi connectivity index (χ0v) is 12.2. The predicted molar refractivity (Wildman–Crippen MR) is 74.2 cm³/mol. The molecule has 0 spiro atoms. The van der Waals surface area contributed by atoms with E-state index < -0.39 is 11.4 Å². The molecular weight excluding hydrogens is 258 g/mol. The van der Waals surface area contributed by atoms with Crippen molar-refractivity contribution in [3.8, 4) is 0 Å². The van der Waals surface area contributed by atoms with Gasteiger partial charge in [-0.1, -0.05) is 0 Å². The molecule has 1 aliphatic heterocycles. The molecule has 1 amide bonds. The van der Waals surface area contributed by atoms with Crippen molar-refractivity contribution in [2.75, 3.05) is 19.1 Å². The maximum Gasteiger partial charge on any atom is 0.338 e. The summed E-state index contributed by atoms with van der Waals surface area (Å²) in [6.07, 6.45) is 0. The van der Waals surface area contributed by atoms with Gasteiger partial charge in [0.25, 0.3) is 0 Å². The topological polar surface area (TPSA) is 63.7 Å². The highest BCUT2D eigenvalue weighted by molar-refractivity contribution is 6.12. The second-order valence-corrected chi connectivity index (χ2v) is 5.45. The first-order valence-corrected chi connectivity index (χ1v) is 6.27. The third kappa shape index (κ3) is 1.81. The molecule has 106 valence electrons. The summed E-state index contributed by atoms with van der Waals surface area (Å²) in [6, 6.07) is 3.19. The van der Waals surface area contributed by atoms with E-state index in [1.165, 1.54) is 18.9 Å². The number of ether oxygens (including phenoxy) is 1. The van der Waals surface area contributed by atoms with Crippen LogP contribution in [0.25, 0.3) is 0 Å². The van der Waals surface area contributed by atoms with Gasteiger partial charge in [-0.2, -0.15) is 0 Å². The minimum Gasteiger partial charge on any atom is -0.465 e. The summed E-state index contributed by atoms with van der Waals surface area (Å²) in [5, 5.41) is 0. The van der Waals surface area contributed by atoms with E-state index in [-0.39, 0.29) is 22.8 Å². The Bertz CT molecular complexity index is 631.